The minimum Gasteiger partial charge on any atom is -0.490 e. The lowest BCUT2D eigenvalue weighted by Gasteiger charge is -2.23. The van der Waals surface area contributed by atoms with E-state index in [1.54, 1.807) is 0 Å². The first kappa shape index (κ1) is 14.9. The number of hydrogen-bond donors (Lipinski definition) is 1. The molecule has 20 heavy (non-hydrogen) atoms. The van der Waals surface area contributed by atoms with Crippen LogP contribution in [0.4, 0.5) is 0 Å². The third kappa shape index (κ3) is 4.01. The van der Waals surface area contributed by atoms with Crippen molar-refractivity contribution in [3.05, 3.63) is 35.9 Å². The largest absolute Gasteiger partial charge is 0.490 e. The second kappa shape index (κ2) is 7.34. The van der Waals surface area contributed by atoms with E-state index in [9.17, 15) is 0 Å². The Hall–Kier alpha value is -1.48. The lowest BCUT2D eigenvalue weighted by molar-refractivity contribution is 0.212. The zero-order valence-corrected chi connectivity index (χ0v) is 12.5. The van der Waals surface area contributed by atoms with Gasteiger partial charge in [0.25, 0.3) is 0 Å². The van der Waals surface area contributed by atoms with Crippen LogP contribution in [-0.4, -0.2) is 18.8 Å². The van der Waals surface area contributed by atoms with E-state index in [1.807, 2.05) is 26.0 Å². The molecule has 0 aromatic heterocycles. The van der Waals surface area contributed by atoms with Crippen molar-refractivity contribution >= 4 is 0 Å². The van der Waals surface area contributed by atoms with E-state index in [2.05, 4.69) is 18.2 Å². The molecule has 1 aliphatic carbocycles. The summed E-state index contributed by atoms with van der Waals surface area (Å²) >= 11 is 0. The summed E-state index contributed by atoms with van der Waals surface area (Å²) in [6.07, 6.45) is 8.70. The van der Waals surface area contributed by atoms with Crippen molar-refractivity contribution in [2.24, 2.45) is 5.73 Å². The molecule has 0 saturated carbocycles. The van der Waals surface area contributed by atoms with Gasteiger partial charge in [0.05, 0.1) is 6.61 Å². The smallest absolute Gasteiger partial charge is 0.165 e. The number of nitrogens with two attached hydrogens (primary N) is 1. The Morgan fingerprint density at radius 2 is 2.25 bits per heavy atom. The third-order valence-corrected chi connectivity index (χ3v) is 3.38. The maximum absolute atomic E-state index is 6.20. The van der Waals surface area contributed by atoms with Crippen LogP contribution in [-0.2, 0) is 6.42 Å². The monoisotopic (exact) mass is 275 g/mol. The lowest BCUT2D eigenvalue weighted by atomic mass is 10.0. The fourth-order valence-corrected chi connectivity index (χ4v) is 2.50. The quantitative estimate of drug-likeness (QED) is 0.809. The van der Waals surface area contributed by atoms with E-state index >= 15 is 0 Å². The van der Waals surface area contributed by atoms with Gasteiger partial charge in [-0.3, -0.25) is 0 Å². The predicted molar refractivity (Wildman–Crippen MR) is 82.4 cm³/mol. The molecule has 3 nitrogen and oxygen atoms in total. The number of hydrogen-bond acceptors (Lipinski definition) is 3. The van der Waals surface area contributed by atoms with Crippen LogP contribution in [0.25, 0.3) is 0 Å². The SMILES string of the molecule is CCOc1cccc(CC(C)N)c1OC1C=CCCC1. The van der Waals surface area contributed by atoms with Crippen LogP contribution in [0, 0.1) is 0 Å². The van der Waals surface area contributed by atoms with Crippen molar-refractivity contribution < 1.29 is 9.47 Å². The second-order valence-corrected chi connectivity index (χ2v) is 5.37. The summed E-state index contributed by atoms with van der Waals surface area (Å²) in [7, 11) is 0. The molecule has 0 radical (unpaired) electrons. The summed E-state index contributed by atoms with van der Waals surface area (Å²) < 4.78 is 11.9. The molecule has 0 aliphatic heterocycles. The number of allylic oxidation sites excluding steroid dienone is 1. The van der Waals surface area contributed by atoms with Crippen molar-refractivity contribution in [2.75, 3.05) is 6.61 Å². The maximum Gasteiger partial charge on any atom is 0.165 e. The van der Waals surface area contributed by atoms with E-state index in [1.165, 1.54) is 6.42 Å². The average molecular weight is 275 g/mol. The number of rotatable bonds is 6. The van der Waals surface area contributed by atoms with Gasteiger partial charge >= 0.3 is 0 Å². The molecule has 0 bridgehead atoms. The second-order valence-electron chi connectivity index (χ2n) is 5.37. The van der Waals surface area contributed by atoms with Gasteiger partial charge in [0.15, 0.2) is 11.5 Å². The molecule has 1 aliphatic rings. The lowest BCUT2D eigenvalue weighted by Crippen LogP contribution is -2.21. The third-order valence-electron chi connectivity index (χ3n) is 3.38. The average Bonchev–Trinajstić information content (AvgIpc) is 2.43. The highest BCUT2D eigenvalue weighted by atomic mass is 16.5. The fraction of sp³-hybridized carbons (Fsp3) is 0.529. The number of benzene rings is 1. The van der Waals surface area contributed by atoms with Gasteiger partial charge in [-0.25, -0.2) is 0 Å². The normalized spacial score (nSPS) is 19.6. The number of ether oxygens (including phenoxy) is 2. The van der Waals surface area contributed by atoms with Gasteiger partial charge in [0, 0.05) is 6.04 Å². The van der Waals surface area contributed by atoms with Crippen molar-refractivity contribution in [2.45, 2.75) is 51.7 Å². The minimum absolute atomic E-state index is 0.108. The van der Waals surface area contributed by atoms with Gasteiger partial charge in [0.2, 0.25) is 0 Å². The standard InChI is InChI=1S/C17H25NO2/c1-3-19-16-11-7-8-14(12-13(2)18)17(16)20-15-9-5-4-6-10-15/h5,7-9,11,13,15H,3-4,6,10,12,18H2,1-2H3. The van der Waals surface area contributed by atoms with Gasteiger partial charge in [-0.15, -0.1) is 0 Å². The Morgan fingerprint density at radius 3 is 2.90 bits per heavy atom. The molecular weight excluding hydrogens is 250 g/mol. The van der Waals surface area contributed by atoms with E-state index in [0.29, 0.717) is 6.61 Å². The molecule has 0 spiro atoms. The molecule has 3 heteroatoms. The molecule has 1 aromatic rings. The summed E-state index contributed by atoms with van der Waals surface area (Å²) in [5.41, 5.74) is 7.07. The summed E-state index contributed by atoms with van der Waals surface area (Å²) in [5, 5.41) is 0. The number of para-hydroxylation sites is 1. The molecule has 0 saturated heterocycles. The maximum atomic E-state index is 6.20. The van der Waals surface area contributed by atoms with Crippen LogP contribution in [0.15, 0.2) is 30.4 Å². The van der Waals surface area contributed by atoms with Crippen molar-refractivity contribution in [1.29, 1.82) is 0 Å². The highest BCUT2D eigenvalue weighted by Crippen LogP contribution is 2.34. The minimum atomic E-state index is 0.108. The molecule has 2 rings (SSSR count). The zero-order valence-electron chi connectivity index (χ0n) is 12.5. The highest BCUT2D eigenvalue weighted by Gasteiger charge is 2.17. The Kier molecular flexibility index (Phi) is 5.48. The van der Waals surface area contributed by atoms with E-state index in [4.69, 9.17) is 15.2 Å². The highest BCUT2D eigenvalue weighted by molar-refractivity contribution is 5.47. The fourth-order valence-electron chi connectivity index (χ4n) is 2.50. The van der Waals surface area contributed by atoms with Gasteiger partial charge < -0.3 is 15.2 Å². The predicted octanol–water partition coefficient (Wildman–Crippen LogP) is 3.46. The van der Waals surface area contributed by atoms with Crippen molar-refractivity contribution in [3.8, 4) is 11.5 Å². The molecule has 2 unspecified atom stereocenters. The van der Waals surface area contributed by atoms with Crippen LogP contribution in [0.5, 0.6) is 11.5 Å². The molecule has 2 N–H and O–H groups in total. The summed E-state index contributed by atoms with van der Waals surface area (Å²) in [6.45, 7) is 4.64. The van der Waals surface area contributed by atoms with E-state index < -0.39 is 0 Å². The van der Waals surface area contributed by atoms with Gasteiger partial charge in [0.1, 0.15) is 6.10 Å². The first-order chi connectivity index (χ1) is 9.70. The van der Waals surface area contributed by atoms with Gasteiger partial charge in [-0.05, 0) is 57.2 Å². The molecular formula is C17H25NO2. The van der Waals surface area contributed by atoms with E-state index in [0.717, 1.165) is 36.3 Å². The first-order valence-electron chi connectivity index (χ1n) is 7.54. The Labute approximate surface area is 121 Å². The first-order valence-corrected chi connectivity index (χ1v) is 7.54. The van der Waals surface area contributed by atoms with Crippen molar-refractivity contribution in [3.63, 3.8) is 0 Å². The molecule has 0 fully saturated rings. The van der Waals surface area contributed by atoms with Crippen molar-refractivity contribution in [1.82, 2.24) is 0 Å². The van der Waals surface area contributed by atoms with Gasteiger partial charge in [-0.2, -0.15) is 0 Å². The van der Waals surface area contributed by atoms with E-state index in [-0.39, 0.29) is 12.1 Å². The van der Waals surface area contributed by atoms with Crippen LogP contribution in [0.1, 0.15) is 38.7 Å². The molecule has 2 atom stereocenters. The van der Waals surface area contributed by atoms with Crippen LogP contribution < -0.4 is 15.2 Å². The Bertz CT molecular complexity index is 454. The van der Waals surface area contributed by atoms with Crippen LogP contribution in [0.3, 0.4) is 0 Å². The van der Waals surface area contributed by atoms with Gasteiger partial charge in [-0.1, -0.05) is 18.2 Å². The summed E-state index contributed by atoms with van der Waals surface area (Å²) in [5.74, 6) is 1.69. The molecule has 1 aromatic carbocycles. The molecule has 110 valence electrons. The molecule has 0 heterocycles. The van der Waals surface area contributed by atoms with Crippen LogP contribution in [0.2, 0.25) is 0 Å². The Morgan fingerprint density at radius 1 is 1.40 bits per heavy atom. The zero-order chi connectivity index (χ0) is 14.4. The summed E-state index contributed by atoms with van der Waals surface area (Å²) in [4.78, 5) is 0. The van der Waals surface area contributed by atoms with Crippen LogP contribution >= 0.6 is 0 Å². The Balaban J connectivity index is 2.24. The summed E-state index contributed by atoms with van der Waals surface area (Å²) in [6, 6.07) is 6.16. The molecule has 0 amide bonds. The topological polar surface area (TPSA) is 44.5 Å².